The Morgan fingerprint density at radius 3 is 2.48 bits per heavy atom. The number of likely N-dealkylation sites (tertiary alicyclic amines) is 1. The summed E-state index contributed by atoms with van der Waals surface area (Å²) in [7, 11) is 0. The zero-order chi connectivity index (χ0) is 21.0. The molecule has 1 aromatic rings. The number of nitrogens with zero attached hydrogens (tertiary/aromatic N) is 1. The first-order valence-corrected chi connectivity index (χ1v) is 10.5. The van der Waals surface area contributed by atoms with E-state index in [1.807, 2.05) is 30.3 Å². The van der Waals surface area contributed by atoms with E-state index in [-0.39, 0.29) is 17.9 Å². The highest BCUT2D eigenvalue weighted by molar-refractivity contribution is 5.88. The van der Waals surface area contributed by atoms with Gasteiger partial charge >= 0.3 is 11.9 Å². The molecule has 1 heterocycles. The van der Waals surface area contributed by atoms with Crippen molar-refractivity contribution in [3.05, 3.63) is 35.9 Å². The standard InChI is InChI=1S/C22H30N2O5/c1-14(23-17(21(26)27)12-11-15-7-3-2-4-8-15)20(25)24-18-10-6-5-9-16(18)13-19(24)22(28)29/h2-4,7-8,14,16-19,23H,5-6,9-13H2,1H3,(H,26,27)(H,28,29)/t14?,16-,17?,18+,19?/m1/s1. The number of aryl methyl sites for hydroxylation is 1. The number of benzene rings is 1. The lowest BCUT2D eigenvalue weighted by atomic mass is 9.84. The second-order valence-corrected chi connectivity index (χ2v) is 8.25. The Morgan fingerprint density at radius 2 is 1.83 bits per heavy atom. The predicted octanol–water partition coefficient (Wildman–Crippen LogP) is 2.29. The van der Waals surface area contributed by atoms with Crippen LogP contribution in [0.5, 0.6) is 0 Å². The topological polar surface area (TPSA) is 107 Å². The highest BCUT2D eigenvalue weighted by Gasteiger charge is 2.48. The van der Waals surface area contributed by atoms with E-state index in [9.17, 15) is 24.6 Å². The number of hydrogen-bond acceptors (Lipinski definition) is 4. The highest BCUT2D eigenvalue weighted by atomic mass is 16.4. The van der Waals surface area contributed by atoms with Crippen LogP contribution in [-0.4, -0.2) is 57.1 Å². The van der Waals surface area contributed by atoms with Gasteiger partial charge in [0.05, 0.1) is 6.04 Å². The number of aliphatic carboxylic acids is 2. The Bertz CT molecular complexity index is 738. The number of nitrogens with one attached hydrogen (secondary N) is 1. The molecule has 0 bridgehead atoms. The van der Waals surface area contributed by atoms with Gasteiger partial charge in [-0.2, -0.15) is 0 Å². The van der Waals surface area contributed by atoms with E-state index < -0.39 is 30.1 Å². The van der Waals surface area contributed by atoms with Gasteiger partial charge in [0.2, 0.25) is 5.91 Å². The van der Waals surface area contributed by atoms with E-state index in [0.717, 1.165) is 31.2 Å². The lowest BCUT2D eigenvalue weighted by molar-refractivity contribution is -0.151. The maximum Gasteiger partial charge on any atom is 0.326 e. The summed E-state index contributed by atoms with van der Waals surface area (Å²) in [6.07, 6.45) is 5.27. The van der Waals surface area contributed by atoms with Crippen molar-refractivity contribution >= 4 is 17.8 Å². The van der Waals surface area contributed by atoms with Gasteiger partial charge in [0.25, 0.3) is 0 Å². The molecule has 0 radical (unpaired) electrons. The predicted molar refractivity (Wildman–Crippen MR) is 107 cm³/mol. The molecule has 3 rings (SSSR count). The molecule has 7 heteroatoms. The van der Waals surface area contributed by atoms with Gasteiger partial charge in [-0.25, -0.2) is 4.79 Å². The number of fused-ring (bicyclic) bond motifs is 1. The summed E-state index contributed by atoms with van der Waals surface area (Å²) in [6, 6.07) is 7.12. The first-order chi connectivity index (χ1) is 13.9. The van der Waals surface area contributed by atoms with Gasteiger partial charge in [-0.1, -0.05) is 43.2 Å². The number of amides is 1. The molecule has 2 fully saturated rings. The van der Waals surface area contributed by atoms with Crippen molar-refractivity contribution in [3.63, 3.8) is 0 Å². The molecule has 1 aliphatic heterocycles. The van der Waals surface area contributed by atoms with Crippen molar-refractivity contribution in [1.29, 1.82) is 0 Å². The van der Waals surface area contributed by atoms with Gasteiger partial charge in [0.1, 0.15) is 12.1 Å². The third-order valence-corrected chi connectivity index (χ3v) is 6.31. The Morgan fingerprint density at radius 1 is 1.14 bits per heavy atom. The molecule has 2 aliphatic rings. The van der Waals surface area contributed by atoms with Crippen LogP contribution in [0.15, 0.2) is 30.3 Å². The minimum atomic E-state index is -1.01. The third kappa shape index (κ3) is 4.96. The average Bonchev–Trinajstić information content (AvgIpc) is 3.10. The maximum absolute atomic E-state index is 13.2. The number of carboxylic acid groups (broad SMARTS) is 2. The molecule has 158 valence electrons. The molecule has 1 saturated carbocycles. The van der Waals surface area contributed by atoms with Gasteiger partial charge in [-0.15, -0.1) is 0 Å². The molecule has 1 aromatic carbocycles. The first-order valence-electron chi connectivity index (χ1n) is 10.5. The SMILES string of the molecule is CC(NC(CCc1ccccc1)C(=O)O)C(=O)N1C(C(=O)O)C[C@H]2CCCC[C@@H]21. The van der Waals surface area contributed by atoms with E-state index >= 15 is 0 Å². The van der Waals surface area contributed by atoms with Crippen LogP contribution in [0.2, 0.25) is 0 Å². The van der Waals surface area contributed by atoms with E-state index in [4.69, 9.17) is 0 Å². The minimum absolute atomic E-state index is 0.0470. The normalized spacial score (nSPS) is 25.8. The zero-order valence-electron chi connectivity index (χ0n) is 16.8. The van der Waals surface area contributed by atoms with Crippen LogP contribution >= 0.6 is 0 Å². The second-order valence-electron chi connectivity index (χ2n) is 8.25. The largest absolute Gasteiger partial charge is 0.480 e. The smallest absolute Gasteiger partial charge is 0.326 e. The maximum atomic E-state index is 13.2. The summed E-state index contributed by atoms with van der Waals surface area (Å²) < 4.78 is 0. The Labute approximate surface area is 171 Å². The van der Waals surface area contributed by atoms with Crippen LogP contribution in [0.25, 0.3) is 0 Å². The van der Waals surface area contributed by atoms with E-state index in [2.05, 4.69) is 5.32 Å². The number of carbonyl (C=O) groups excluding carboxylic acids is 1. The summed E-state index contributed by atoms with van der Waals surface area (Å²) in [6.45, 7) is 1.63. The fraction of sp³-hybridized carbons (Fsp3) is 0.591. The van der Waals surface area contributed by atoms with Crippen LogP contribution in [0, 0.1) is 5.92 Å². The van der Waals surface area contributed by atoms with E-state index in [1.165, 1.54) is 4.90 Å². The molecule has 7 nitrogen and oxygen atoms in total. The Kier molecular flexibility index (Phi) is 6.90. The van der Waals surface area contributed by atoms with Crippen LogP contribution in [0.3, 0.4) is 0 Å². The van der Waals surface area contributed by atoms with Crippen molar-refractivity contribution in [3.8, 4) is 0 Å². The quantitative estimate of drug-likeness (QED) is 0.616. The molecule has 3 N–H and O–H groups in total. The second kappa shape index (κ2) is 9.39. The van der Waals surface area contributed by atoms with Crippen molar-refractivity contribution < 1.29 is 24.6 Å². The van der Waals surface area contributed by atoms with E-state index in [1.54, 1.807) is 6.92 Å². The lowest BCUT2D eigenvalue weighted by Gasteiger charge is -2.35. The van der Waals surface area contributed by atoms with Crippen LogP contribution in [-0.2, 0) is 20.8 Å². The summed E-state index contributed by atoms with van der Waals surface area (Å²) in [5.74, 6) is -2.06. The van der Waals surface area contributed by atoms with Gasteiger partial charge < -0.3 is 15.1 Å². The van der Waals surface area contributed by atoms with Crippen molar-refractivity contribution in [2.24, 2.45) is 5.92 Å². The van der Waals surface area contributed by atoms with Gasteiger partial charge in [-0.3, -0.25) is 14.9 Å². The molecule has 1 aliphatic carbocycles. The molecular weight excluding hydrogens is 372 g/mol. The summed E-state index contributed by atoms with van der Waals surface area (Å²) in [5, 5.41) is 22.2. The van der Waals surface area contributed by atoms with Crippen molar-refractivity contribution in [2.45, 2.75) is 76.0 Å². The fourth-order valence-electron chi connectivity index (χ4n) is 4.83. The molecule has 3 unspecified atom stereocenters. The van der Waals surface area contributed by atoms with Gasteiger partial charge in [-0.05, 0) is 50.5 Å². The Balaban J connectivity index is 1.66. The molecule has 1 amide bonds. The highest BCUT2D eigenvalue weighted by Crippen LogP contribution is 2.40. The Hall–Kier alpha value is -2.41. The number of carboxylic acids is 2. The summed E-state index contributed by atoms with van der Waals surface area (Å²) in [4.78, 5) is 38.2. The number of carbonyl (C=O) groups is 3. The van der Waals surface area contributed by atoms with Crippen LogP contribution < -0.4 is 5.32 Å². The molecule has 0 aromatic heterocycles. The summed E-state index contributed by atoms with van der Waals surface area (Å²) >= 11 is 0. The molecule has 29 heavy (non-hydrogen) atoms. The monoisotopic (exact) mass is 402 g/mol. The number of hydrogen-bond donors (Lipinski definition) is 3. The lowest BCUT2D eigenvalue weighted by Crippen LogP contribution is -2.55. The van der Waals surface area contributed by atoms with Gasteiger partial charge in [0, 0.05) is 6.04 Å². The molecular formula is C22H30N2O5. The van der Waals surface area contributed by atoms with E-state index in [0.29, 0.717) is 19.3 Å². The molecule has 0 spiro atoms. The van der Waals surface area contributed by atoms with Crippen molar-refractivity contribution in [1.82, 2.24) is 10.2 Å². The fourth-order valence-corrected chi connectivity index (χ4v) is 4.83. The third-order valence-electron chi connectivity index (χ3n) is 6.31. The summed E-state index contributed by atoms with van der Waals surface area (Å²) in [5.41, 5.74) is 1.04. The molecule has 5 atom stereocenters. The van der Waals surface area contributed by atoms with Crippen LogP contribution in [0.4, 0.5) is 0 Å². The van der Waals surface area contributed by atoms with Crippen molar-refractivity contribution in [2.75, 3.05) is 0 Å². The zero-order valence-corrected chi connectivity index (χ0v) is 16.8. The average molecular weight is 402 g/mol. The van der Waals surface area contributed by atoms with Crippen LogP contribution in [0.1, 0.15) is 51.0 Å². The van der Waals surface area contributed by atoms with Gasteiger partial charge in [0.15, 0.2) is 0 Å². The minimum Gasteiger partial charge on any atom is -0.480 e. The first kappa shape index (κ1) is 21.3. The number of rotatable bonds is 8. The molecule has 1 saturated heterocycles.